The minimum absolute atomic E-state index is 0.285. The van der Waals surface area contributed by atoms with Crippen molar-refractivity contribution in [2.75, 3.05) is 5.32 Å². The molecule has 1 heterocycles. The number of nitrogens with one attached hydrogen (secondary N) is 2. The summed E-state index contributed by atoms with van der Waals surface area (Å²) in [5.74, 6) is 0.404. The zero-order valence-electron chi connectivity index (χ0n) is 10.7. The lowest BCUT2D eigenvalue weighted by Gasteiger charge is -2.09. The highest BCUT2D eigenvalue weighted by Crippen LogP contribution is 2.28. The van der Waals surface area contributed by atoms with E-state index < -0.39 is 0 Å². The minimum atomic E-state index is -0.285. The Kier molecular flexibility index (Phi) is 4.03. The molecule has 1 aromatic heterocycles. The monoisotopic (exact) mass is 311 g/mol. The fourth-order valence-corrected chi connectivity index (χ4v) is 3.33. The van der Waals surface area contributed by atoms with Crippen LogP contribution >= 0.6 is 23.5 Å². The van der Waals surface area contributed by atoms with Gasteiger partial charge >= 0.3 is 6.03 Å². The summed E-state index contributed by atoms with van der Waals surface area (Å²) >= 11 is 7.35. The molecular formula is C13H14ClN3O2S. The number of rotatable bonds is 3. The van der Waals surface area contributed by atoms with E-state index in [1.54, 1.807) is 18.2 Å². The number of hydrogen-bond acceptors (Lipinski definition) is 4. The Balaban J connectivity index is 1.62. The maximum absolute atomic E-state index is 11.8. The molecule has 1 aliphatic rings. The molecule has 2 amide bonds. The summed E-state index contributed by atoms with van der Waals surface area (Å²) in [6.45, 7) is 0. The number of hydrogen-bond donors (Lipinski definition) is 2. The smallest absolute Gasteiger partial charge is 0.330 e. The summed E-state index contributed by atoms with van der Waals surface area (Å²) in [7, 11) is 0. The predicted molar refractivity (Wildman–Crippen MR) is 81.0 cm³/mol. The summed E-state index contributed by atoms with van der Waals surface area (Å²) < 4.78 is 7.92. The van der Waals surface area contributed by atoms with Crippen molar-refractivity contribution < 1.29 is 9.32 Å². The second kappa shape index (κ2) is 5.93. The van der Waals surface area contributed by atoms with E-state index in [4.69, 9.17) is 16.1 Å². The van der Waals surface area contributed by atoms with Gasteiger partial charge in [0.25, 0.3) is 0 Å². The molecule has 1 aromatic carbocycles. The maximum atomic E-state index is 11.8. The second-order valence-corrected chi connectivity index (χ2v) is 6.30. The number of nitrogens with zero attached hydrogens (tertiary/aromatic N) is 1. The lowest BCUT2D eigenvalue weighted by atomic mass is 10.2. The predicted octanol–water partition coefficient (Wildman–Crippen LogP) is 4.19. The van der Waals surface area contributed by atoms with Gasteiger partial charge in [-0.15, -0.1) is 0 Å². The second-order valence-electron chi connectivity index (χ2n) is 4.75. The lowest BCUT2D eigenvalue weighted by Crippen LogP contribution is -2.25. The van der Waals surface area contributed by atoms with Crippen molar-refractivity contribution in [2.24, 2.45) is 0 Å². The van der Waals surface area contributed by atoms with Crippen LogP contribution in [0.1, 0.15) is 25.7 Å². The van der Waals surface area contributed by atoms with Crippen LogP contribution in [0.15, 0.2) is 22.7 Å². The molecule has 0 aliphatic heterocycles. The Hall–Kier alpha value is -1.40. The van der Waals surface area contributed by atoms with Gasteiger partial charge in [-0.25, -0.2) is 4.79 Å². The van der Waals surface area contributed by atoms with Crippen molar-refractivity contribution in [3.63, 3.8) is 0 Å². The SMILES string of the molecule is O=C(NSC1CCCC1)Nc1noc2cc(Cl)ccc12. The summed E-state index contributed by atoms with van der Waals surface area (Å²) in [6.07, 6.45) is 4.82. The van der Waals surface area contributed by atoms with E-state index in [0.29, 0.717) is 21.7 Å². The molecule has 0 bridgehead atoms. The number of amides is 2. The molecule has 0 saturated heterocycles. The molecule has 0 unspecified atom stereocenters. The highest BCUT2D eigenvalue weighted by Gasteiger charge is 2.17. The molecule has 0 radical (unpaired) electrons. The molecular weight excluding hydrogens is 298 g/mol. The van der Waals surface area contributed by atoms with Crippen LogP contribution in [0.25, 0.3) is 11.0 Å². The third kappa shape index (κ3) is 3.02. The van der Waals surface area contributed by atoms with Gasteiger partial charge < -0.3 is 4.52 Å². The Morgan fingerprint density at radius 2 is 2.20 bits per heavy atom. The molecule has 3 rings (SSSR count). The number of carbonyl (C=O) groups is 1. The van der Waals surface area contributed by atoms with Gasteiger partial charge in [0.15, 0.2) is 11.4 Å². The summed E-state index contributed by atoms with van der Waals surface area (Å²) in [5.41, 5.74) is 0.552. The van der Waals surface area contributed by atoms with Crippen LogP contribution in [0, 0.1) is 0 Å². The van der Waals surface area contributed by atoms with Gasteiger partial charge in [0.1, 0.15) is 0 Å². The van der Waals surface area contributed by atoms with Crippen LogP contribution in [0.2, 0.25) is 5.02 Å². The largest absolute Gasteiger partial charge is 0.354 e. The molecule has 0 spiro atoms. The van der Waals surface area contributed by atoms with E-state index in [1.165, 1.54) is 24.8 Å². The fraction of sp³-hybridized carbons (Fsp3) is 0.385. The van der Waals surface area contributed by atoms with Gasteiger partial charge in [-0.2, -0.15) is 0 Å². The first kappa shape index (κ1) is 13.6. The maximum Gasteiger partial charge on any atom is 0.330 e. The average molecular weight is 312 g/mol. The van der Waals surface area contributed by atoms with Crippen molar-refractivity contribution >= 4 is 46.4 Å². The third-order valence-electron chi connectivity index (χ3n) is 3.29. The Labute approximate surface area is 125 Å². The first-order chi connectivity index (χ1) is 9.72. The van der Waals surface area contributed by atoms with E-state index in [9.17, 15) is 4.79 Å². The zero-order chi connectivity index (χ0) is 13.9. The van der Waals surface area contributed by atoms with Crippen LogP contribution < -0.4 is 10.0 Å². The van der Waals surface area contributed by atoms with Gasteiger partial charge in [0, 0.05) is 16.3 Å². The standard InChI is InChI=1S/C13H14ClN3O2S/c14-8-5-6-10-11(7-8)19-16-12(10)15-13(18)17-20-9-3-1-2-4-9/h5-7,9H,1-4H2,(H2,15,16,17,18). The fourth-order valence-electron chi connectivity index (χ4n) is 2.28. The van der Waals surface area contributed by atoms with Crippen LogP contribution in [0.3, 0.4) is 0 Å². The normalized spacial score (nSPS) is 15.7. The number of urea groups is 1. The van der Waals surface area contributed by atoms with Crippen molar-refractivity contribution in [1.29, 1.82) is 0 Å². The first-order valence-corrected chi connectivity index (χ1v) is 7.76. The van der Waals surface area contributed by atoms with Gasteiger partial charge in [-0.05, 0) is 36.9 Å². The number of anilines is 1. The van der Waals surface area contributed by atoms with Crippen LogP contribution in [-0.4, -0.2) is 16.4 Å². The minimum Gasteiger partial charge on any atom is -0.354 e. The van der Waals surface area contributed by atoms with Crippen molar-refractivity contribution in [3.8, 4) is 0 Å². The van der Waals surface area contributed by atoms with Crippen LogP contribution in [0.4, 0.5) is 10.6 Å². The number of halogens is 1. The number of aromatic nitrogens is 1. The molecule has 2 aromatic rings. The molecule has 5 nitrogen and oxygen atoms in total. The molecule has 1 saturated carbocycles. The zero-order valence-corrected chi connectivity index (χ0v) is 12.3. The van der Waals surface area contributed by atoms with Gasteiger partial charge in [-0.1, -0.05) is 29.6 Å². The van der Waals surface area contributed by atoms with Crippen LogP contribution in [0.5, 0.6) is 0 Å². The molecule has 106 valence electrons. The van der Waals surface area contributed by atoms with Crippen molar-refractivity contribution in [1.82, 2.24) is 9.88 Å². The van der Waals surface area contributed by atoms with E-state index >= 15 is 0 Å². The average Bonchev–Trinajstić information content (AvgIpc) is 3.06. The summed E-state index contributed by atoms with van der Waals surface area (Å²) in [6, 6.07) is 4.89. The van der Waals surface area contributed by atoms with Gasteiger partial charge in [-0.3, -0.25) is 10.0 Å². The molecule has 20 heavy (non-hydrogen) atoms. The number of benzene rings is 1. The third-order valence-corrected chi connectivity index (χ3v) is 4.63. The Morgan fingerprint density at radius 1 is 1.40 bits per heavy atom. The highest BCUT2D eigenvalue weighted by molar-refractivity contribution is 7.98. The van der Waals surface area contributed by atoms with Crippen molar-refractivity contribution in [3.05, 3.63) is 23.2 Å². The highest BCUT2D eigenvalue weighted by atomic mass is 35.5. The lowest BCUT2D eigenvalue weighted by molar-refractivity contribution is 0.257. The van der Waals surface area contributed by atoms with E-state index in [2.05, 4.69) is 15.2 Å². The molecule has 2 N–H and O–H groups in total. The van der Waals surface area contributed by atoms with E-state index in [1.807, 2.05) is 0 Å². The molecule has 7 heteroatoms. The van der Waals surface area contributed by atoms with Gasteiger partial charge in [0.2, 0.25) is 0 Å². The number of fused-ring (bicyclic) bond motifs is 1. The quantitative estimate of drug-likeness (QED) is 0.834. The molecule has 0 atom stereocenters. The number of carbonyl (C=O) groups excluding carboxylic acids is 1. The first-order valence-electron chi connectivity index (χ1n) is 6.50. The Bertz CT molecular complexity index is 625. The van der Waals surface area contributed by atoms with Crippen molar-refractivity contribution in [2.45, 2.75) is 30.9 Å². The molecule has 1 fully saturated rings. The van der Waals surface area contributed by atoms with E-state index in [-0.39, 0.29) is 6.03 Å². The summed E-state index contributed by atoms with van der Waals surface area (Å²) in [5, 5.41) is 8.36. The van der Waals surface area contributed by atoms with E-state index in [0.717, 1.165) is 18.2 Å². The van der Waals surface area contributed by atoms with Crippen LogP contribution in [-0.2, 0) is 0 Å². The topological polar surface area (TPSA) is 67.2 Å². The van der Waals surface area contributed by atoms with Gasteiger partial charge in [0.05, 0.1) is 5.39 Å². The Morgan fingerprint density at radius 3 is 3.00 bits per heavy atom. The summed E-state index contributed by atoms with van der Waals surface area (Å²) in [4.78, 5) is 11.8. The molecule has 1 aliphatic carbocycles.